The topological polar surface area (TPSA) is 49.4 Å². The lowest BCUT2D eigenvalue weighted by Gasteiger charge is -2.27. The molecule has 0 aromatic heterocycles. The van der Waals surface area contributed by atoms with Crippen molar-refractivity contribution in [3.63, 3.8) is 0 Å². The Morgan fingerprint density at radius 1 is 1.00 bits per heavy atom. The van der Waals surface area contributed by atoms with Crippen molar-refractivity contribution in [3.05, 3.63) is 60.2 Å². The van der Waals surface area contributed by atoms with Gasteiger partial charge in [0.15, 0.2) is 0 Å². The lowest BCUT2D eigenvalue weighted by molar-refractivity contribution is -0.119. The van der Waals surface area contributed by atoms with E-state index in [-0.39, 0.29) is 11.8 Å². The highest BCUT2D eigenvalue weighted by molar-refractivity contribution is 6.04. The number of anilines is 2. The Hall–Kier alpha value is -2.62. The Kier molecular flexibility index (Phi) is 4.19. The van der Waals surface area contributed by atoms with Crippen LogP contribution in [0, 0.1) is 0 Å². The number of carbonyl (C=O) groups excluding carboxylic acids is 2. The minimum Gasteiger partial charge on any atom is -0.322 e. The first-order chi connectivity index (χ1) is 10.7. The zero-order valence-electron chi connectivity index (χ0n) is 12.3. The average Bonchev–Trinajstić information content (AvgIpc) is 2.56. The van der Waals surface area contributed by atoms with Crippen molar-refractivity contribution >= 4 is 23.2 Å². The number of carbonyl (C=O) groups is 2. The highest BCUT2D eigenvalue weighted by atomic mass is 16.2. The van der Waals surface area contributed by atoms with Gasteiger partial charge in [-0.2, -0.15) is 0 Å². The number of hydrogen-bond donors (Lipinski definition) is 1. The first kappa shape index (κ1) is 14.3. The van der Waals surface area contributed by atoms with E-state index in [4.69, 9.17) is 0 Å². The molecule has 0 unspecified atom stereocenters. The van der Waals surface area contributed by atoms with E-state index in [0.717, 1.165) is 25.1 Å². The molecule has 4 nitrogen and oxygen atoms in total. The lowest BCUT2D eigenvalue weighted by Crippen LogP contribution is -2.35. The first-order valence-electron chi connectivity index (χ1n) is 7.51. The smallest absolute Gasteiger partial charge is 0.255 e. The maximum absolute atomic E-state index is 12.2. The molecule has 2 aromatic carbocycles. The minimum absolute atomic E-state index is 0.150. The zero-order valence-corrected chi connectivity index (χ0v) is 12.3. The molecule has 0 spiro atoms. The second kappa shape index (κ2) is 6.43. The molecular formula is C18H18N2O2. The van der Waals surface area contributed by atoms with Crippen LogP contribution in [0.2, 0.25) is 0 Å². The predicted molar refractivity (Wildman–Crippen MR) is 87.0 cm³/mol. The highest BCUT2D eigenvalue weighted by Gasteiger charge is 2.19. The summed E-state index contributed by atoms with van der Waals surface area (Å²) >= 11 is 0. The Balaban J connectivity index is 1.76. The van der Waals surface area contributed by atoms with Gasteiger partial charge < -0.3 is 10.2 Å². The fraction of sp³-hybridized carbons (Fsp3) is 0.222. The van der Waals surface area contributed by atoms with Gasteiger partial charge in [-0.15, -0.1) is 0 Å². The van der Waals surface area contributed by atoms with Gasteiger partial charge in [0, 0.05) is 29.9 Å². The number of benzene rings is 2. The minimum atomic E-state index is -0.150. The van der Waals surface area contributed by atoms with Gasteiger partial charge in [0.25, 0.3) is 5.91 Å². The standard InChI is InChI=1S/C18H18N2O2/c21-17-11-4-5-12-20(17)16-10-6-9-15(13-16)19-18(22)14-7-2-1-3-8-14/h1-3,6-10,13H,4-5,11-12H2,(H,19,22). The second-order valence-corrected chi connectivity index (χ2v) is 5.37. The quantitative estimate of drug-likeness (QED) is 0.942. The Bertz CT molecular complexity index is 682. The van der Waals surface area contributed by atoms with E-state index in [1.807, 2.05) is 42.5 Å². The van der Waals surface area contributed by atoms with Crippen LogP contribution in [-0.4, -0.2) is 18.4 Å². The van der Waals surface area contributed by atoms with Crippen LogP contribution >= 0.6 is 0 Å². The summed E-state index contributed by atoms with van der Waals surface area (Å²) in [5, 5.41) is 2.88. The van der Waals surface area contributed by atoms with Crippen LogP contribution in [-0.2, 0) is 4.79 Å². The third kappa shape index (κ3) is 3.17. The molecule has 0 atom stereocenters. The summed E-state index contributed by atoms with van der Waals surface area (Å²) in [4.78, 5) is 26.0. The van der Waals surface area contributed by atoms with E-state index in [0.29, 0.717) is 17.7 Å². The maximum Gasteiger partial charge on any atom is 0.255 e. The molecule has 1 heterocycles. The number of nitrogens with zero attached hydrogens (tertiary/aromatic N) is 1. The zero-order chi connectivity index (χ0) is 15.4. The van der Waals surface area contributed by atoms with Gasteiger partial charge in [-0.05, 0) is 43.2 Å². The van der Waals surface area contributed by atoms with Crippen LogP contribution in [0.25, 0.3) is 0 Å². The van der Waals surface area contributed by atoms with E-state index >= 15 is 0 Å². The van der Waals surface area contributed by atoms with Crippen molar-refractivity contribution in [1.29, 1.82) is 0 Å². The van der Waals surface area contributed by atoms with Gasteiger partial charge in [-0.3, -0.25) is 9.59 Å². The Morgan fingerprint density at radius 2 is 1.82 bits per heavy atom. The molecule has 0 radical (unpaired) electrons. The third-order valence-electron chi connectivity index (χ3n) is 3.78. The normalized spacial score (nSPS) is 14.7. The molecule has 3 rings (SSSR count). The molecule has 4 heteroatoms. The summed E-state index contributed by atoms with van der Waals surface area (Å²) in [6, 6.07) is 16.5. The van der Waals surface area contributed by atoms with Crippen LogP contribution in [0.5, 0.6) is 0 Å². The highest BCUT2D eigenvalue weighted by Crippen LogP contribution is 2.24. The monoisotopic (exact) mass is 294 g/mol. The van der Waals surface area contributed by atoms with E-state index < -0.39 is 0 Å². The lowest BCUT2D eigenvalue weighted by atomic mass is 10.1. The van der Waals surface area contributed by atoms with Gasteiger partial charge in [-0.1, -0.05) is 24.3 Å². The first-order valence-corrected chi connectivity index (χ1v) is 7.51. The average molecular weight is 294 g/mol. The maximum atomic E-state index is 12.2. The molecule has 2 aromatic rings. The molecule has 0 saturated carbocycles. The molecule has 1 aliphatic rings. The number of amides is 2. The Morgan fingerprint density at radius 3 is 2.59 bits per heavy atom. The van der Waals surface area contributed by atoms with Crippen molar-refractivity contribution < 1.29 is 9.59 Å². The van der Waals surface area contributed by atoms with Crippen molar-refractivity contribution in [2.24, 2.45) is 0 Å². The largest absolute Gasteiger partial charge is 0.322 e. The van der Waals surface area contributed by atoms with Gasteiger partial charge in [-0.25, -0.2) is 0 Å². The van der Waals surface area contributed by atoms with Crippen LogP contribution in [0.15, 0.2) is 54.6 Å². The SMILES string of the molecule is O=C(Nc1cccc(N2CCCCC2=O)c1)c1ccccc1. The fourth-order valence-electron chi connectivity index (χ4n) is 2.62. The molecule has 0 bridgehead atoms. The second-order valence-electron chi connectivity index (χ2n) is 5.37. The number of nitrogens with one attached hydrogen (secondary N) is 1. The molecule has 112 valence electrons. The van der Waals surface area contributed by atoms with Crippen LogP contribution < -0.4 is 10.2 Å². The van der Waals surface area contributed by atoms with E-state index in [1.165, 1.54) is 0 Å². The molecule has 0 aliphatic carbocycles. The molecule has 1 fully saturated rings. The fourth-order valence-corrected chi connectivity index (χ4v) is 2.62. The third-order valence-corrected chi connectivity index (χ3v) is 3.78. The van der Waals surface area contributed by atoms with Gasteiger partial charge >= 0.3 is 0 Å². The molecule has 2 amide bonds. The van der Waals surface area contributed by atoms with Gasteiger partial charge in [0.05, 0.1) is 0 Å². The van der Waals surface area contributed by atoms with Crippen molar-refractivity contribution in [2.45, 2.75) is 19.3 Å². The summed E-state index contributed by atoms with van der Waals surface area (Å²) in [5.74, 6) is 0.000469. The van der Waals surface area contributed by atoms with Crippen LogP contribution in [0.1, 0.15) is 29.6 Å². The predicted octanol–water partition coefficient (Wildman–Crippen LogP) is 3.46. The molecular weight excluding hydrogens is 276 g/mol. The molecule has 1 saturated heterocycles. The van der Waals surface area contributed by atoms with Crippen LogP contribution in [0.4, 0.5) is 11.4 Å². The summed E-state index contributed by atoms with van der Waals surface area (Å²) < 4.78 is 0. The van der Waals surface area contributed by atoms with Gasteiger partial charge in [0.1, 0.15) is 0 Å². The molecule has 1 aliphatic heterocycles. The van der Waals surface area contributed by atoms with Crippen LogP contribution in [0.3, 0.4) is 0 Å². The summed E-state index contributed by atoms with van der Waals surface area (Å²) in [7, 11) is 0. The van der Waals surface area contributed by atoms with Crippen molar-refractivity contribution in [3.8, 4) is 0 Å². The van der Waals surface area contributed by atoms with Gasteiger partial charge in [0.2, 0.25) is 5.91 Å². The van der Waals surface area contributed by atoms with E-state index in [2.05, 4.69) is 5.32 Å². The number of rotatable bonds is 3. The molecule has 22 heavy (non-hydrogen) atoms. The Labute approximate surface area is 129 Å². The number of hydrogen-bond acceptors (Lipinski definition) is 2. The summed E-state index contributed by atoms with van der Waals surface area (Å²) in [5.41, 5.74) is 2.15. The number of piperidine rings is 1. The summed E-state index contributed by atoms with van der Waals surface area (Å²) in [6.07, 6.45) is 2.58. The summed E-state index contributed by atoms with van der Waals surface area (Å²) in [6.45, 7) is 0.745. The van der Waals surface area contributed by atoms with Crippen molar-refractivity contribution in [1.82, 2.24) is 0 Å². The molecule has 1 N–H and O–H groups in total. The van der Waals surface area contributed by atoms with Crippen molar-refractivity contribution in [2.75, 3.05) is 16.8 Å². The van der Waals surface area contributed by atoms with E-state index in [9.17, 15) is 9.59 Å². The van der Waals surface area contributed by atoms with E-state index in [1.54, 1.807) is 17.0 Å².